The molecule has 0 spiro atoms. The van der Waals surface area contributed by atoms with E-state index >= 15 is 0 Å². The Morgan fingerprint density at radius 1 is 1.27 bits per heavy atom. The van der Waals surface area contributed by atoms with Gasteiger partial charge in [0.05, 0.1) is 5.69 Å². The van der Waals surface area contributed by atoms with Crippen LogP contribution >= 0.6 is 23.2 Å². The summed E-state index contributed by atoms with van der Waals surface area (Å²) in [5.74, 6) is 1.19. The number of amides is 1. The first-order chi connectivity index (χ1) is 12.0. The van der Waals surface area contributed by atoms with Gasteiger partial charge in [-0.3, -0.25) is 10.3 Å². The van der Waals surface area contributed by atoms with E-state index in [0.29, 0.717) is 17.3 Å². The zero-order chi connectivity index (χ0) is 19.5. The molecule has 144 valence electrons. The average molecular weight is 400 g/mol. The van der Waals surface area contributed by atoms with Crippen molar-refractivity contribution in [3.05, 3.63) is 16.4 Å². The minimum Gasteiger partial charge on any atom is -0.444 e. The summed E-state index contributed by atoms with van der Waals surface area (Å²) >= 11 is 12.3. The number of hydrogen-bond acceptors (Lipinski definition) is 4. The molecular weight excluding hydrogens is 373 g/mol. The fourth-order valence-corrected chi connectivity index (χ4v) is 3.51. The standard InChI is InChI=1S/C19H27Cl2N3O2/c1-11-6-8-13(9-7-11)12(2)22-16-14(10-15(20)24-17(16)21)23-18(25)26-19(3,4)5/h10-11,13H,6-9H2,1-5H3,(H,23,24,25). The minimum absolute atomic E-state index is 0.159. The average Bonchev–Trinajstić information content (AvgIpc) is 2.49. The van der Waals surface area contributed by atoms with Gasteiger partial charge in [0.15, 0.2) is 5.15 Å². The predicted octanol–water partition coefficient (Wildman–Crippen LogP) is 6.65. The maximum Gasteiger partial charge on any atom is 0.412 e. The smallest absolute Gasteiger partial charge is 0.412 e. The monoisotopic (exact) mass is 399 g/mol. The van der Waals surface area contributed by atoms with E-state index in [-0.39, 0.29) is 10.3 Å². The predicted molar refractivity (Wildman–Crippen MR) is 108 cm³/mol. The molecule has 26 heavy (non-hydrogen) atoms. The summed E-state index contributed by atoms with van der Waals surface area (Å²) in [5, 5.41) is 3.03. The highest BCUT2D eigenvalue weighted by Gasteiger charge is 2.22. The highest BCUT2D eigenvalue weighted by Crippen LogP contribution is 2.36. The fraction of sp³-hybridized carbons (Fsp3) is 0.632. The molecule has 0 aromatic carbocycles. The number of ether oxygens (including phenoxy) is 1. The Morgan fingerprint density at radius 3 is 2.46 bits per heavy atom. The van der Waals surface area contributed by atoms with Gasteiger partial charge in [-0.1, -0.05) is 43.0 Å². The van der Waals surface area contributed by atoms with E-state index in [1.807, 2.05) is 6.92 Å². The second-order valence-corrected chi connectivity index (χ2v) is 8.71. The van der Waals surface area contributed by atoms with Gasteiger partial charge in [-0.2, -0.15) is 0 Å². The quantitative estimate of drug-likeness (QED) is 0.456. The molecule has 0 aliphatic heterocycles. The fourth-order valence-electron chi connectivity index (χ4n) is 3.04. The first-order valence-corrected chi connectivity index (χ1v) is 9.72. The third-order valence-electron chi connectivity index (χ3n) is 4.45. The third kappa shape index (κ3) is 6.13. The third-order valence-corrected chi connectivity index (χ3v) is 4.91. The van der Waals surface area contributed by atoms with Gasteiger partial charge < -0.3 is 4.74 Å². The van der Waals surface area contributed by atoms with Crippen LogP contribution in [0, 0.1) is 11.8 Å². The van der Waals surface area contributed by atoms with Crippen LogP contribution in [0.5, 0.6) is 0 Å². The van der Waals surface area contributed by atoms with Crippen LogP contribution in [0.15, 0.2) is 11.1 Å². The van der Waals surface area contributed by atoms with Crippen LogP contribution < -0.4 is 5.32 Å². The number of nitrogens with zero attached hydrogens (tertiary/aromatic N) is 2. The number of halogens is 2. The molecule has 2 rings (SSSR count). The van der Waals surface area contributed by atoms with Crippen molar-refractivity contribution in [2.45, 2.75) is 65.9 Å². The van der Waals surface area contributed by atoms with E-state index in [1.54, 1.807) is 20.8 Å². The van der Waals surface area contributed by atoms with E-state index in [2.05, 4.69) is 17.2 Å². The normalized spacial score (nSPS) is 21.4. The summed E-state index contributed by atoms with van der Waals surface area (Å²) in [6.07, 6.45) is 4.05. The van der Waals surface area contributed by atoms with Gasteiger partial charge >= 0.3 is 6.09 Å². The van der Waals surface area contributed by atoms with E-state index in [1.165, 1.54) is 18.9 Å². The van der Waals surface area contributed by atoms with E-state index < -0.39 is 11.7 Å². The molecule has 1 fully saturated rings. The lowest BCUT2D eigenvalue weighted by molar-refractivity contribution is 0.0636. The van der Waals surface area contributed by atoms with Crippen molar-refractivity contribution < 1.29 is 9.53 Å². The Morgan fingerprint density at radius 2 is 1.88 bits per heavy atom. The van der Waals surface area contributed by atoms with E-state index in [0.717, 1.165) is 24.5 Å². The van der Waals surface area contributed by atoms with Gasteiger partial charge in [0.1, 0.15) is 16.4 Å². The first-order valence-electron chi connectivity index (χ1n) is 8.96. The topological polar surface area (TPSA) is 63.6 Å². The van der Waals surface area contributed by atoms with Crippen molar-refractivity contribution in [1.29, 1.82) is 0 Å². The first kappa shape index (κ1) is 21.0. The number of carbonyl (C=O) groups is 1. The number of rotatable bonds is 3. The number of hydrogen-bond donors (Lipinski definition) is 1. The molecule has 1 aliphatic carbocycles. The summed E-state index contributed by atoms with van der Waals surface area (Å²) in [4.78, 5) is 20.9. The second-order valence-electron chi connectivity index (χ2n) is 7.97. The zero-order valence-electron chi connectivity index (χ0n) is 16.0. The molecule has 1 N–H and O–H groups in total. The zero-order valence-corrected chi connectivity index (χ0v) is 17.5. The SMILES string of the molecule is CC(=Nc1c(NC(=O)OC(C)(C)C)cc(Cl)nc1Cl)C1CCC(C)CC1. The van der Waals surface area contributed by atoms with Crippen LogP contribution in [-0.2, 0) is 4.74 Å². The van der Waals surface area contributed by atoms with Crippen molar-refractivity contribution in [3.63, 3.8) is 0 Å². The Labute approximate surface area is 165 Å². The molecule has 0 atom stereocenters. The van der Waals surface area contributed by atoms with Gasteiger partial charge in [0.2, 0.25) is 0 Å². The maximum atomic E-state index is 12.1. The van der Waals surface area contributed by atoms with Crippen molar-refractivity contribution in [2.75, 3.05) is 5.32 Å². The molecular formula is C19H27Cl2N3O2. The molecule has 5 nitrogen and oxygen atoms in total. The van der Waals surface area contributed by atoms with Crippen LogP contribution in [0.4, 0.5) is 16.2 Å². The molecule has 7 heteroatoms. The minimum atomic E-state index is -0.608. The molecule has 0 bridgehead atoms. The molecule has 0 radical (unpaired) electrons. The lowest BCUT2D eigenvalue weighted by Crippen LogP contribution is -2.27. The van der Waals surface area contributed by atoms with Crippen molar-refractivity contribution in [1.82, 2.24) is 4.98 Å². The molecule has 1 amide bonds. The summed E-state index contributed by atoms with van der Waals surface area (Å²) in [6.45, 7) is 9.68. The summed E-state index contributed by atoms with van der Waals surface area (Å²) in [5.41, 5.74) is 1.20. The van der Waals surface area contributed by atoms with Crippen LogP contribution in [0.2, 0.25) is 10.3 Å². The largest absolute Gasteiger partial charge is 0.444 e. The molecule has 1 aromatic rings. The number of aromatic nitrogens is 1. The molecule has 1 saturated carbocycles. The highest BCUT2D eigenvalue weighted by molar-refractivity contribution is 6.35. The Hall–Kier alpha value is -1.33. The van der Waals surface area contributed by atoms with Crippen LogP contribution in [0.1, 0.15) is 60.3 Å². The number of anilines is 1. The molecule has 1 aliphatic rings. The summed E-state index contributed by atoms with van der Waals surface area (Å²) < 4.78 is 5.30. The number of aliphatic imine (C=N–C) groups is 1. The Bertz CT molecular complexity index is 691. The number of carbonyl (C=O) groups excluding carboxylic acids is 1. The summed E-state index contributed by atoms with van der Waals surface area (Å²) in [7, 11) is 0. The molecule has 0 saturated heterocycles. The van der Waals surface area contributed by atoms with E-state index in [4.69, 9.17) is 32.9 Å². The highest BCUT2D eigenvalue weighted by atomic mass is 35.5. The maximum absolute atomic E-state index is 12.1. The van der Waals surface area contributed by atoms with Gasteiger partial charge in [0.25, 0.3) is 0 Å². The van der Waals surface area contributed by atoms with Gasteiger partial charge in [-0.15, -0.1) is 0 Å². The van der Waals surface area contributed by atoms with Gasteiger partial charge in [0, 0.05) is 11.8 Å². The van der Waals surface area contributed by atoms with Gasteiger partial charge in [-0.25, -0.2) is 9.78 Å². The lowest BCUT2D eigenvalue weighted by Gasteiger charge is -2.26. The Kier molecular flexibility index (Phi) is 6.92. The second kappa shape index (κ2) is 8.57. The van der Waals surface area contributed by atoms with Crippen molar-refractivity contribution in [3.8, 4) is 0 Å². The number of pyridine rings is 1. The van der Waals surface area contributed by atoms with Gasteiger partial charge in [-0.05, 0) is 52.4 Å². The molecule has 0 unspecified atom stereocenters. The summed E-state index contributed by atoms with van der Waals surface area (Å²) in [6, 6.07) is 1.53. The molecule has 1 heterocycles. The molecule has 1 aromatic heterocycles. The van der Waals surface area contributed by atoms with Crippen molar-refractivity contribution >= 4 is 46.4 Å². The van der Waals surface area contributed by atoms with E-state index in [9.17, 15) is 4.79 Å². The van der Waals surface area contributed by atoms with Crippen LogP contribution in [-0.4, -0.2) is 22.4 Å². The Balaban J connectivity index is 2.27. The number of nitrogens with one attached hydrogen (secondary N) is 1. The van der Waals surface area contributed by atoms with Crippen LogP contribution in [0.3, 0.4) is 0 Å². The lowest BCUT2D eigenvalue weighted by atomic mass is 9.81. The van der Waals surface area contributed by atoms with Crippen molar-refractivity contribution in [2.24, 2.45) is 16.8 Å². The van der Waals surface area contributed by atoms with Crippen LogP contribution in [0.25, 0.3) is 0 Å².